The monoisotopic (exact) mass is 546 g/mol. The van der Waals surface area contributed by atoms with Crippen molar-refractivity contribution in [1.29, 1.82) is 0 Å². The van der Waals surface area contributed by atoms with Crippen LogP contribution in [0.15, 0.2) is 25.3 Å². The highest BCUT2D eigenvalue weighted by Gasteiger charge is 2.79. The van der Waals surface area contributed by atoms with E-state index in [4.69, 9.17) is 14.6 Å². The van der Waals surface area contributed by atoms with Gasteiger partial charge in [0, 0.05) is 26.2 Å². The second-order valence-electron chi connectivity index (χ2n) is 11.4. The van der Waals surface area contributed by atoms with E-state index < -0.39 is 29.1 Å². The zero-order valence-electron chi connectivity index (χ0n) is 24.2. The second kappa shape index (κ2) is 14.4. The zero-order valence-corrected chi connectivity index (χ0v) is 24.2. The molecule has 2 amide bonds. The van der Waals surface area contributed by atoms with Crippen molar-refractivity contribution in [2.75, 3.05) is 32.8 Å². The molecule has 3 aliphatic heterocycles. The third kappa shape index (κ3) is 6.27. The number of nitrogens with zero attached hydrogens (tertiary/aromatic N) is 2. The van der Waals surface area contributed by atoms with Crippen molar-refractivity contribution in [3.8, 4) is 0 Å². The molecule has 3 rings (SSSR count). The number of ether oxygens (including phenoxy) is 2. The number of fused-ring (bicyclic) bond motifs is 1. The fraction of sp³-hybridized carbons (Fsp3) is 0.774. The third-order valence-electron chi connectivity index (χ3n) is 8.97. The van der Waals surface area contributed by atoms with Crippen molar-refractivity contribution in [2.24, 2.45) is 11.8 Å². The number of hydrogen-bond donors (Lipinski definition) is 1. The van der Waals surface area contributed by atoms with E-state index in [0.29, 0.717) is 45.3 Å². The van der Waals surface area contributed by atoms with Gasteiger partial charge in [0.25, 0.3) is 0 Å². The Morgan fingerprint density at radius 1 is 1.10 bits per heavy atom. The minimum Gasteiger partial charge on any atom is -0.465 e. The van der Waals surface area contributed by atoms with Crippen LogP contribution in [0.4, 0.5) is 0 Å². The quantitative estimate of drug-likeness (QED) is 0.147. The first-order valence-corrected chi connectivity index (χ1v) is 15.2. The van der Waals surface area contributed by atoms with Crippen LogP contribution >= 0.6 is 0 Å². The van der Waals surface area contributed by atoms with Gasteiger partial charge in [0.15, 0.2) is 0 Å². The molecule has 5 atom stereocenters. The number of unbranched alkanes of at least 4 members (excludes halogenated alkanes) is 6. The molecule has 0 saturated carbocycles. The Kier molecular flexibility index (Phi) is 11.6. The van der Waals surface area contributed by atoms with Gasteiger partial charge in [0.2, 0.25) is 11.8 Å². The van der Waals surface area contributed by atoms with Crippen molar-refractivity contribution in [3.63, 3.8) is 0 Å². The number of aliphatic hydroxyl groups is 1. The van der Waals surface area contributed by atoms with Gasteiger partial charge in [-0.2, -0.15) is 0 Å². The predicted molar refractivity (Wildman–Crippen MR) is 151 cm³/mol. The topological polar surface area (TPSA) is 96.4 Å². The van der Waals surface area contributed by atoms with Crippen LogP contribution in [0.3, 0.4) is 0 Å². The van der Waals surface area contributed by atoms with Crippen LogP contribution in [0, 0.1) is 11.8 Å². The van der Waals surface area contributed by atoms with Crippen molar-refractivity contribution in [2.45, 2.75) is 108 Å². The molecule has 0 aliphatic carbocycles. The molecule has 220 valence electrons. The summed E-state index contributed by atoms with van der Waals surface area (Å²) in [6, 6.07) is -0.763. The first-order valence-electron chi connectivity index (χ1n) is 15.2. The van der Waals surface area contributed by atoms with Gasteiger partial charge in [0.05, 0.1) is 18.1 Å². The number of allylic oxidation sites excluding steroid dienone is 1. The van der Waals surface area contributed by atoms with E-state index in [9.17, 15) is 14.4 Å². The number of amides is 2. The van der Waals surface area contributed by atoms with E-state index in [0.717, 1.165) is 51.4 Å². The second-order valence-corrected chi connectivity index (χ2v) is 11.4. The third-order valence-corrected chi connectivity index (χ3v) is 8.97. The minimum atomic E-state index is -1.02. The molecule has 3 fully saturated rings. The summed E-state index contributed by atoms with van der Waals surface area (Å²) in [5, 5.41) is 9.15. The van der Waals surface area contributed by atoms with Crippen LogP contribution in [0.25, 0.3) is 0 Å². The Hall–Kier alpha value is -2.19. The van der Waals surface area contributed by atoms with E-state index in [2.05, 4.69) is 20.1 Å². The fourth-order valence-electron chi connectivity index (χ4n) is 7.01. The molecule has 8 heteroatoms. The zero-order chi connectivity index (χ0) is 28.5. The molecule has 2 unspecified atom stereocenters. The summed E-state index contributed by atoms with van der Waals surface area (Å²) in [4.78, 5) is 45.6. The maximum absolute atomic E-state index is 14.3. The smallest absolute Gasteiger partial charge is 0.312 e. The largest absolute Gasteiger partial charge is 0.465 e. The summed E-state index contributed by atoms with van der Waals surface area (Å²) < 4.78 is 12.5. The van der Waals surface area contributed by atoms with Gasteiger partial charge in [-0.25, -0.2) is 0 Å². The van der Waals surface area contributed by atoms with Gasteiger partial charge >= 0.3 is 5.97 Å². The molecule has 3 saturated heterocycles. The molecule has 0 aromatic carbocycles. The first-order chi connectivity index (χ1) is 18.9. The molecule has 3 aliphatic rings. The van der Waals surface area contributed by atoms with Crippen molar-refractivity contribution >= 4 is 17.8 Å². The Morgan fingerprint density at radius 2 is 1.87 bits per heavy atom. The van der Waals surface area contributed by atoms with E-state index in [1.54, 1.807) is 17.1 Å². The lowest BCUT2D eigenvalue weighted by Crippen LogP contribution is -2.56. The summed E-state index contributed by atoms with van der Waals surface area (Å²) in [6.07, 6.45) is 12.8. The Bertz CT molecular complexity index is 877. The molecule has 39 heavy (non-hydrogen) atoms. The number of carbonyl (C=O) groups is 3. The van der Waals surface area contributed by atoms with Gasteiger partial charge in [-0.3, -0.25) is 14.4 Å². The molecule has 0 aromatic heterocycles. The highest BCUT2D eigenvalue weighted by Crippen LogP contribution is 2.64. The lowest BCUT2D eigenvalue weighted by Gasteiger charge is -2.37. The average molecular weight is 547 g/mol. The predicted octanol–water partition coefficient (Wildman–Crippen LogP) is 4.41. The summed E-state index contributed by atoms with van der Waals surface area (Å²) in [5.74, 6) is -2.08. The number of carbonyl (C=O) groups excluding carboxylic acids is 3. The summed E-state index contributed by atoms with van der Waals surface area (Å²) >= 11 is 0. The lowest BCUT2D eigenvalue weighted by atomic mass is 9.65. The van der Waals surface area contributed by atoms with E-state index in [-0.39, 0.29) is 31.0 Å². The van der Waals surface area contributed by atoms with Crippen LogP contribution in [-0.2, 0) is 23.9 Å². The fourth-order valence-corrected chi connectivity index (χ4v) is 7.01. The van der Waals surface area contributed by atoms with Gasteiger partial charge < -0.3 is 24.4 Å². The summed E-state index contributed by atoms with van der Waals surface area (Å²) in [6.45, 7) is 13.6. The average Bonchev–Trinajstić information content (AvgIpc) is 3.54. The maximum Gasteiger partial charge on any atom is 0.312 e. The molecular formula is C31H50N2O6. The van der Waals surface area contributed by atoms with Crippen LogP contribution in [-0.4, -0.2) is 82.8 Å². The van der Waals surface area contributed by atoms with Crippen molar-refractivity contribution in [3.05, 3.63) is 25.3 Å². The summed E-state index contributed by atoms with van der Waals surface area (Å²) in [7, 11) is 0. The Labute approximate surface area is 234 Å². The van der Waals surface area contributed by atoms with E-state index in [1.807, 2.05) is 11.8 Å². The van der Waals surface area contributed by atoms with Crippen LogP contribution in [0.1, 0.15) is 90.9 Å². The molecule has 1 N–H and O–H groups in total. The van der Waals surface area contributed by atoms with E-state index in [1.165, 1.54) is 0 Å². The number of likely N-dealkylation sites (tertiary alicyclic amines) is 1. The number of aliphatic hydroxyl groups excluding tert-OH is 1. The van der Waals surface area contributed by atoms with Gasteiger partial charge in [-0.15, -0.1) is 13.2 Å². The first kappa shape index (κ1) is 31.3. The van der Waals surface area contributed by atoms with Crippen LogP contribution in [0.2, 0.25) is 0 Å². The van der Waals surface area contributed by atoms with Crippen LogP contribution < -0.4 is 0 Å². The van der Waals surface area contributed by atoms with E-state index >= 15 is 0 Å². The molecule has 0 radical (unpaired) electrons. The lowest BCUT2D eigenvalue weighted by molar-refractivity contribution is -0.162. The molecule has 0 aromatic rings. The molecule has 3 heterocycles. The standard InChI is InChI=1S/C31H50N2O6/c1-5-9-13-20-32(19-7-3)28(36)26-31-18-17-30(8-4,39-31)25(29(37)38-23-16-10-6-2)24(31)27(35)33(26)21-14-11-12-15-22-34/h6-7,24-26,34H,2-3,5,8-23H2,1,4H3/t24-,25+,26?,30-,31?/m0/s1. The SMILES string of the molecule is C=CCCCOC(=O)[C@H]1[C@H]2C(=O)N(CCCCCCO)C(C(=O)N(CC=C)CCCCC)C23CC[C@]1(CC)O3. The molecule has 2 bridgehead atoms. The molecular weight excluding hydrogens is 496 g/mol. The highest BCUT2D eigenvalue weighted by atomic mass is 16.6. The highest BCUT2D eigenvalue weighted by molar-refractivity contribution is 5.98. The Balaban J connectivity index is 1.94. The van der Waals surface area contributed by atoms with Gasteiger partial charge in [-0.1, -0.05) is 51.7 Å². The molecule has 8 nitrogen and oxygen atoms in total. The number of esters is 1. The maximum atomic E-state index is 14.3. The molecule has 1 spiro atoms. The van der Waals surface area contributed by atoms with Crippen LogP contribution in [0.5, 0.6) is 0 Å². The number of hydrogen-bond acceptors (Lipinski definition) is 6. The number of rotatable bonds is 19. The summed E-state index contributed by atoms with van der Waals surface area (Å²) in [5.41, 5.74) is -1.81. The van der Waals surface area contributed by atoms with Gasteiger partial charge in [0.1, 0.15) is 17.6 Å². The normalized spacial score (nSPS) is 28.9. The van der Waals surface area contributed by atoms with Crippen molar-refractivity contribution in [1.82, 2.24) is 9.80 Å². The Morgan fingerprint density at radius 3 is 2.54 bits per heavy atom. The van der Waals surface area contributed by atoms with Gasteiger partial charge in [-0.05, 0) is 51.4 Å². The minimum absolute atomic E-state index is 0.107. The van der Waals surface area contributed by atoms with Crippen molar-refractivity contribution < 1.29 is 29.0 Å².